The van der Waals surface area contributed by atoms with E-state index < -0.39 is 5.54 Å². The van der Waals surface area contributed by atoms with Gasteiger partial charge in [0.15, 0.2) is 0 Å². The van der Waals surface area contributed by atoms with Crippen molar-refractivity contribution in [2.45, 2.75) is 32.9 Å². The highest BCUT2D eigenvalue weighted by atomic mass is 16.2. The molecule has 0 saturated heterocycles. The number of nitrogens with one attached hydrogen (secondary N) is 1. The Kier molecular flexibility index (Phi) is 4.70. The minimum Gasteiger partial charge on any atom is -0.340 e. The summed E-state index contributed by atoms with van der Waals surface area (Å²) in [6.45, 7) is 7.28. The van der Waals surface area contributed by atoms with Crippen LogP contribution in [0.1, 0.15) is 26.3 Å². The molecule has 0 unspecified atom stereocenters. The molecule has 0 aliphatic carbocycles. The van der Waals surface area contributed by atoms with Crippen LogP contribution in [-0.2, 0) is 11.3 Å². The average molecular weight is 234 g/mol. The summed E-state index contributed by atoms with van der Waals surface area (Å²) in [7, 11) is 1.84. The third-order valence-electron chi connectivity index (χ3n) is 2.76. The number of rotatable bonds is 5. The van der Waals surface area contributed by atoms with Crippen LogP contribution in [0.25, 0.3) is 0 Å². The number of carbonyl (C=O) groups excluding carboxylic acids is 1. The lowest BCUT2D eigenvalue weighted by atomic mass is 10.0. The van der Waals surface area contributed by atoms with Crippen LogP contribution >= 0.6 is 0 Å². The van der Waals surface area contributed by atoms with Crippen LogP contribution in [0.3, 0.4) is 0 Å². The van der Waals surface area contributed by atoms with Gasteiger partial charge in [0.1, 0.15) is 0 Å². The Morgan fingerprint density at radius 3 is 2.41 bits per heavy atom. The first-order valence-electron chi connectivity index (χ1n) is 6.02. The molecular formula is C14H22N2O. The summed E-state index contributed by atoms with van der Waals surface area (Å²) >= 11 is 0. The molecule has 0 fully saturated rings. The average Bonchev–Trinajstić information content (AvgIpc) is 2.29. The first-order chi connectivity index (χ1) is 7.97. The minimum atomic E-state index is -0.502. The van der Waals surface area contributed by atoms with Crippen molar-refractivity contribution >= 4 is 5.91 Å². The van der Waals surface area contributed by atoms with E-state index in [1.54, 1.807) is 4.90 Å². The smallest absolute Gasteiger partial charge is 0.242 e. The summed E-state index contributed by atoms with van der Waals surface area (Å²) in [4.78, 5) is 14.0. The molecule has 0 atom stereocenters. The number of carbonyl (C=O) groups is 1. The van der Waals surface area contributed by atoms with Crippen LogP contribution in [0.15, 0.2) is 30.3 Å². The second kappa shape index (κ2) is 5.82. The van der Waals surface area contributed by atoms with Crippen molar-refractivity contribution in [3.8, 4) is 0 Å². The number of nitrogens with zero attached hydrogens (tertiary/aromatic N) is 1. The largest absolute Gasteiger partial charge is 0.340 e. The van der Waals surface area contributed by atoms with Crippen molar-refractivity contribution in [3.05, 3.63) is 35.9 Å². The molecule has 1 aromatic rings. The molecule has 0 spiro atoms. The Balaban J connectivity index is 2.65. The van der Waals surface area contributed by atoms with Gasteiger partial charge >= 0.3 is 0 Å². The summed E-state index contributed by atoms with van der Waals surface area (Å²) in [6.07, 6.45) is 0. The van der Waals surface area contributed by atoms with Crippen molar-refractivity contribution in [2.75, 3.05) is 13.6 Å². The van der Waals surface area contributed by atoms with Gasteiger partial charge in [0.05, 0.1) is 5.54 Å². The van der Waals surface area contributed by atoms with Gasteiger partial charge in [0.2, 0.25) is 5.91 Å². The van der Waals surface area contributed by atoms with Crippen LogP contribution in [-0.4, -0.2) is 29.9 Å². The number of amides is 1. The quantitative estimate of drug-likeness (QED) is 0.845. The fourth-order valence-electron chi connectivity index (χ4n) is 1.92. The summed E-state index contributed by atoms with van der Waals surface area (Å²) in [6, 6.07) is 10.0. The van der Waals surface area contributed by atoms with Crippen LogP contribution in [0.4, 0.5) is 0 Å². The summed E-state index contributed by atoms with van der Waals surface area (Å²) in [5.41, 5.74) is 0.647. The molecular weight excluding hydrogens is 212 g/mol. The normalized spacial score (nSPS) is 11.3. The van der Waals surface area contributed by atoms with E-state index in [1.807, 2.05) is 58.2 Å². The van der Waals surface area contributed by atoms with E-state index in [4.69, 9.17) is 0 Å². The van der Waals surface area contributed by atoms with Crippen molar-refractivity contribution in [3.63, 3.8) is 0 Å². The first-order valence-corrected chi connectivity index (χ1v) is 6.02. The standard InChI is InChI=1S/C14H22N2O/c1-5-15-14(2,3)13(17)16(4)11-12-9-7-6-8-10-12/h6-10,15H,5,11H2,1-4H3. The fourth-order valence-corrected chi connectivity index (χ4v) is 1.92. The number of likely N-dealkylation sites (N-methyl/N-ethyl adjacent to an activating group) is 2. The fraction of sp³-hybridized carbons (Fsp3) is 0.500. The Morgan fingerprint density at radius 2 is 1.88 bits per heavy atom. The molecule has 17 heavy (non-hydrogen) atoms. The van der Waals surface area contributed by atoms with Crippen molar-refractivity contribution in [1.29, 1.82) is 0 Å². The zero-order chi connectivity index (χ0) is 12.9. The maximum Gasteiger partial charge on any atom is 0.242 e. The molecule has 1 aromatic carbocycles. The van der Waals surface area contributed by atoms with E-state index in [0.717, 1.165) is 12.1 Å². The zero-order valence-corrected chi connectivity index (χ0v) is 11.2. The van der Waals surface area contributed by atoms with E-state index in [-0.39, 0.29) is 5.91 Å². The molecule has 3 heteroatoms. The van der Waals surface area contributed by atoms with E-state index >= 15 is 0 Å². The summed E-state index contributed by atoms with van der Waals surface area (Å²) in [5.74, 6) is 0.114. The van der Waals surface area contributed by atoms with Crippen molar-refractivity contribution in [1.82, 2.24) is 10.2 Å². The van der Waals surface area contributed by atoms with Crippen LogP contribution < -0.4 is 5.32 Å². The third kappa shape index (κ3) is 3.86. The first kappa shape index (κ1) is 13.7. The van der Waals surface area contributed by atoms with Crippen LogP contribution in [0.2, 0.25) is 0 Å². The van der Waals surface area contributed by atoms with Gasteiger partial charge in [-0.2, -0.15) is 0 Å². The molecule has 0 aromatic heterocycles. The molecule has 0 heterocycles. The van der Waals surface area contributed by atoms with Gasteiger partial charge in [-0.15, -0.1) is 0 Å². The Bertz CT molecular complexity index is 360. The molecule has 0 saturated carbocycles. The highest BCUT2D eigenvalue weighted by molar-refractivity contribution is 5.85. The summed E-state index contributed by atoms with van der Waals surface area (Å²) in [5, 5.41) is 3.20. The number of benzene rings is 1. The molecule has 0 aliphatic heterocycles. The molecule has 0 aliphatic rings. The lowest BCUT2D eigenvalue weighted by Crippen LogP contribution is -2.52. The van der Waals surface area contributed by atoms with E-state index in [1.165, 1.54) is 0 Å². The zero-order valence-electron chi connectivity index (χ0n) is 11.2. The SMILES string of the molecule is CCNC(C)(C)C(=O)N(C)Cc1ccccc1. The van der Waals surface area contributed by atoms with Gasteiger partial charge in [0, 0.05) is 13.6 Å². The van der Waals surface area contributed by atoms with Gasteiger partial charge in [-0.05, 0) is 26.0 Å². The Labute approximate surface area is 104 Å². The predicted octanol–water partition coefficient (Wildman–Crippen LogP) is 2.03. The highest BCUT2D eigenvalue weighted by Crippen LogP contribution is 2.10. The number of hydrogen-bond donors (Lipinski definition) is 1. The van der Waals surface area contributed by atoms with Gasteiger partial charge in [-0.25, -0.2) is 0 Å². The molecule has 1 amide bonds. The third-order valence-corrected chi connectivity index (χ3v) is 2.76. The Morgan fingerprint density at radius 1 is 1.29 bits per heavy atom. The van der Waals surface area contributed by atoms with E-state index in [0.29, 0.717) is 6.54 Å². The Hall–Kier alpha value is -1.35. The summed E-state index contributed by atoms with van der Waals surface area (Å²) < 4.78 is 0. The second-order valence-corrected chi connectivity index (χ2v) is 4.80. The van der Waals surface area contributed by atoms with Crippen molar-refractivity contribution < 1.29 is 4.79 Å². The lowest BCUT2D eigenvalue weighted by molar-refractivity contribution is -0.136. The van der Waals surface area contributed by atoms with E-state index in [2.05, 4.69) is 5.32 Å². The topological polar surface area (TPSA) is 32.3 Å². The predicted molar refractivity (Wildman–Crippen MR) is 70.7 cm³/mol. The lowest BCUT2D eigenvalue weighted by Gasteiger charge is -2.30. The minimum absolute atomic E-state index is 0.114. The molecule has 1 rings (SSSR count). The van der Waals surface area contributed by atoms with Gasteiger partial charge in [-0.3, -0.25) is 4.79 Å². The monoisotopic (exact) mass is 234 g/mol. The molecule has 94 valence electrons. The van der Waals surface area contributed by atoms with Gasteiger partial charge in [0.25, 0.3) is 0 Å². The second-order valence-electron chi connectivity index (χ2n) is 4.80. The van der Waals surface area contributed by atoms with E-state index in [9.17, 15) is 4.79 Å². The van der Waals surface area contributed by atoms with Gasteiger partial charge < -0.3 is 10.2 Å². The van der Waals surface area contributed by atoms with Crippen LogP contribution in [0, 0.1) is 0 Å². The highest BCUT2D eigenvalue weighted by Gasteiger charge is 2.29. The molecule has 1 N–H and O–H groups in total. The maximum absolute atomic E-state index is 12.2. The van der Waals surface area contributed by atoms with Crippen LogP contribution in [0.5, 0.6) is 0 Å². The van der Waals surface area contributed by atoms with Gasteiger partial charge in [-0.1, -0.05) is 37.3 Å². The molecule has 0 radical (unpaired) electrons. The molecule has 0 bridgehead atoms. The maximum atomic E-state index is 12.2. The molecule has 3 nitrogen and oxygen atoms in total. The number of hydrogen-bond acceptors (Lipinski definition) is 2. The van der Waals surface area contributed by atoms with Crippen molar-refractivity contribution in [2.24, 2.45) is 0 Å².